The number of hydrogen-bond acceptors (Lipinski definition) is 5. The van der Waals surface area contributed by atoms with E-state index in [1.807, 2.05) is 0 Å². The van der Waals surface area contributed by atoms with E-state index in [1.165, 1.54) is 63.4 Å². The van der Waals surface area contributed by atoms with Gasteiger partial charge in [-0.2, -0.15) is 0 Å². The van der Waals surface area contributed by atoms with E-state index in [0.29, 0.717) is 17.8 Å². The maximum absolute atomic E-state index is 6.62. The number of nitrogens with one attached hydrogen (secondary N) is 1. The first-order valence-electron chi connectivity index (χ1n) is 14.0. The Kier molecular flexibility index (Phi) is 8.46. The molecule has 0 aromatic heterocycles. The van der Waals surface area contributed by atoms with Gasteiger partial charge >= 0.3 is 0 Å². The first kappa shape index (κ1) is 24.1. The van der Waals surface area contributed by atoms with E-state index in [9.17, 15) is 0 Å². The van der Waals surface area contributed by atoms with E-state index in [4.69, 9.17) is 14.2 Å². The van der Waals surface area contributed by atoms with Crippen molar-refractivity contribution in [1.29, 1.82) is 0 Å². The molecule has 1 aromatic rings. The molecule has 1 aliphatic carbocycles. The quantitative estimate of drug-likeness (QED) is 0.524. The van der Waals surface area contributed by atoms with Gasteiger partial charge in [0, 0.05) is 25.3 Å². The summed E-state index contributed by atoms with van der Waals surface area (Å²) in [5, 5.41) is 3.63. The summed E-state index contributed by atoms with van der Waals surface area (Å²) in [4.78, 5) is 2.52. The molecule has 4 aliphatic rings. The molecule has 3 heterocycles. The van der Waals surface area contributed by atoms with E-state index in [0.717, 1.165) is 38.4 Å². The van der Waals surface area contributed by atoms with Crippen LogP contribution < -0.4 is 5.32 Å². The van der Waals surface area contributed by atoms with Gasteiger partial charge in [0.25, 0.3) is 0 Å². The average molecular weight is 469 g/mol. The van der Waals surface area contributed by atoms with Crippen molar-refractivity contribution in [2.24, 2.45) is 11.8 Å². The number of benzene rings is 1. The topological polar surface area (TPSA) is 43.0 Å². The zero-order chi connectivity index (χ0) is 23.2. The molecule has 3 aliphatic heterocycles. The Labute approximate surface area is 206 Å². The largest absolute Gasteiger partial charge is 0.472 e. The van der Waals surface area contributed by atoms with E-state index >= 15 is 0 Å². The van der Waals surface area contributed by atoms with E-state index < -0.39 is 0 Å². The van der Waals surface area contributed by atoms with Crippen molar-refractivity contribution < 1.29 is 14.2 Å². The summed E-state index contributed by atoms with van der Waals surface area (Å²) in [7, 11) is 0. The summed E-state index contributed by atoms with van der Waals surface area (Å²) in [5.74, 6) is 2.79. The number of hydrogen-bond donors (Lipinski definition) is 1. The van der Waals surface area contributed by atoms with Crippen LogP contribution in [0.2, 0.25) is 0 Å². The molecule has 1 aromatic carbocycles. The van der Waals surface area contributed by atoms with Crippen LogP contribution in [0.15, 0.2) is 42.3 Å². The number of nitrogens with zero attached hydrogens (tertiary/aromatic N) is 1. The molecule has 0 radical (unpaired) electrons. The van der Waals surface area contributed by atoms with Gasteiger partial charge in [0.05, 0.1) is 12.6 Å². The highest BCUT2D eigenvalue weighted by molar-refractivity contribution is 5.23. The molecular formula is C29H44N2O3. The standard InChI is InChI=1S/C29H44N2O3/c1-2-22-16-17-31(21-26(22)34-27-15-9-10-18-32-27)20-25-19-30-29(33-25)28(23-11-5-3-6-12-23)24-13-7-4-8-14-24/h3,5-6,11-12,19,22,24,26-30H,2,4,7-10,13-18,20-21H2,1H3. The minimum atomic E-state index is -0.0112. The lowest BCUT2D eigenvalue weighted by Crippen LogP contribution is -2.47. The molecule has 0 amide bonds. The van der Waals surface area contributed by atoms with Crippen molar-refractivity contribution >= 4 is 0 Å². The molecule has 5 unspecified atom stereocenters. The molecule has 5 heteroatoms. The first-order valence-corrected chi connectivity index (χ1v) is 14.0. The second-order valence-electron chi connectivity index (χ2n) is 10.8. The molecule has 0 bridgehead atoms. The molecular weight excluding hydrogens is 424 g/mol. The lowest BCUT2D eigenvalue weighted by atomic mass is 9.76. The van der Waals surface area contributed by atoms with Crippen LogP contribution in [0.1, 0.15) is 82.6 Å². The lowest BCUT2D eigenvalue weighted by molar-refractivity contribution is -0.208. The summed E-state index contributed by atoms with van der Waals surface area (Å²) in [6.07, 6.45) is 14.9. The van der Waals surface area contributed by atoms with Crippen molar-refractivity contribution in [3.8, 4) is 0 Å². The third-order valence-electron chi connectivity index (χ3n) is 8.50. The highest BCUT2D eigenvalue weighted by Gasteiger charge is 2.37. The maximum atomic E-state index is 6.62. The molecule has 5 atom stereocenters. The van der Waals surface area contributed by atoms with Gasteiger partial charge < -0.3 is 19.5 Å². The molecule has 3 fully saturated rings. The van der Waals surface area contributed by atoms with Crippen LogP contribution in [-0.2, 0) is 14.2 Å². The van der Waals surface area contributed by atoms with Crippen molar-refractivity contribution in [3.63, 3.8) is 0 Å². The molecule has 34 heavy (non-hydrogen) atoms. The Bertz CT molecular complexity index is 773. The number of piperidine rings is 1. The van der Waals surface area contributed by atoms with Crippen LogP contribution in [0.4, 0.5) is 0 Å². The Morgan fingerprint density at radius 1 is 1.03 bits per heavy atom. The molecule has 5 nitrogen and oxygen atoms in total. The fourth-order valence-electron chi connectivity index (χ4n) is 6.56. The zero-order valence-corrected chi connectivity index (χ0v) is 21.0. The van der Waals surface area contributed by atoms with Gasteiger partial charge in [-0.1, -0.05) is 62.9 Å². The van der Waals surface area contributed by atoms with Gasteiger partial charge in [0.1, 0.15) is 5.76 Å². The minimum absolute atomic E-state index is 0.0112. The number of ether oxygens (including phenoxy) is 3. The van der Waals surface area contributed by atoms with Crippen molar-refractivity contribution in [1.82, 2.24) is 10.2 Å². The first-order chi connectivity index (χ1) is 16.8. The van der Waals surface area contributed by atoms with Crippen LogP contribution in [0, 0.1) is 11.8 Å². The number of rotatable bonds is 8. The van der Waals surface area contributed by atoms with Gasteiger partial charge in [0.15, 0.2) is 12.5 Å². The smallest absolute Gasteiger partial charge is 0.176 e. The van der Waals surface area contributed by atoms with Crippen LogP contribution in [0.25, 0.3) is 0 Å². The third-order valence-corrected chi connectivity index (χ3v) is 8.50. The lowest BCUT2D eigenvalue weighted by Gasteiger charge is -2.40. The van der Waals surface area contributed by atoms with Crippen LogP contribution in [0.5, 0.6) is 0 Å². The van der Waals surface area contributed by atoms with Gasteiger partial charge in [-0.05, 0) is 62.5 Å². The molecule has 1 saturated carbocycles. The highest BCUT2D eigenvalue weighted by Crippen LogP contribution is 2.40. The monoisotopic (exact) mass is 468 g/mol. The maximum Gasteiger partial charge on any atom is 0.176 e. The van der Waals surface area contributed by atoms with E-state index in [2.05, 4.69) is 53.7 Å². The second-order valence-corrected chi connectivity index (χ2v) is 10.8. The SMILES string of the molecule is CCC1CCN(CC2=CNC(C(c3ccccc3)C3CCCCC3)O2)CC1OC1CCCCO1. The predicted molar refractivity (Wildman–Crippen MR) is 135 cm³/mol. The Hall–Kier alpha value is -1.56. The molecule has 1 N–H and O–H groups in total. The van der Waals surface area contributed by atoms with Crippen molar-refractivity contribution in [2.45, 2.75) is 95.7 Å². The molecule has 0 spiro atoms. The van der Waals surface area contributed by atoms with Crippen molar-refractivity contribution in [3.05, 3.63) is 47.9 Å². The fourth-order valence-corrected chi connectivity index (χ4v) is 6.56. The average Bonchev–Trinajstić information content (AvgIpc) is 3.34. The molecule has 5 rings (SSSR count). The zero-order valence-electron chi connectivity index (χ0n) is 21.0. The van der Waals surface area contributed by atoms with Gasteiger partial charge in [-0.3, -0.25) is 4.90 Å². The van der Waals surface area contributed by atoms with Gasteiger partial charge in [-0.15, -0.1) is 0 Å². The summed E-state index contributed by atoms with van der Waals surface area (Å²) >= 11 is 0. The predicted octanol–water partition coefficient (Wildman–Crippen LogP) is 5.78. The molecule has 188 valence electrons. The normalized spacial score (nSPS) is 32.0. The Morgan fingerprint density at radius 3 is 2.62 bits per heavy atom. The minimum Gasteiger partial charge on any atom is -0.472 e. The summed E-state index contributed by atoms with van der Waals surface area (Å²) < 4.78 is 19.0. The van der Waals surface area contributed by atoms with E-state index in [1.54, 1.807) is 0 Å². The van der Waals surface area contributed by atoms with Crippen LogP contribution in [-0.4, -0.2) is 49.8 Å². The Morgan fingerprint density at radius 2 is 1.85 bits per heavy atom. The van der Waals surface area contributed by atoms with Crippen LogP contribution in [0.3, 0.4) is 0 Å². The summed E-state index contributed by atoms with van der Waals surface area (Å²) in [5.41, 5.74) is 1.41. The van der Waals surface area contributed by atoms with E-state index in [-0.39, 0.29) is 18.6 Å². The summed E-state index contributed by atoms with van der Waals surface area (Å²) in [6, 6.07) is 11.0. The fraction of sp³-hybridized carbons (Fsp3) is 0.724. The number of likely N-dealkylation sites (tertiary alicyclic amines) is 1. The molecule has 2 saturated heterocycles. The van der Waals surface area contributed by atoms with Crippen LogP contribution >= 0.6 is 0 Å². The highest BCUT2D eigenvalue weighted by atomic mass is 16.7. The Balaban J connectivity index is 1.19. The van der Waals surface area contributed by atoms with Crippen molar-refractivity contribution in [2.75, 3.05) is 26.2 Å². The van der Waals surface area contributed by atoms with Gasteiger partial charge in [0.2, 0.25) is 0 Å². The van der Waals surface area contributed by atoms with Gasteiger partial charge in [-0.25, -0.2) is 0 Å². The summed E-state index contributed by atoms with van der Waals surface area (Å²) in [6.45, 7) is 6.08. The third kappa shape index (κ3) is 5.98. The second kappa shape index (κ2) is 11.9.